The molecule has 3 N–H and O–H groups in total. The van der Waals surface area contributed by atoms with Crippen molar-refractivity contribution < 1.29 is 0 Å². The Balaban J connectivity index is 2.19. The zero-order valence-electron chi connectivity index (χ0n) is 3.49. The van der Waals surface area contributed by atoms with Gasteiger partial charge in [-0.15, -0.1) is 0 Å². The Hall–Kier alpha value is -0.0800. The van der Waals surface area contributed by atoms with Gasteiger partial charge in [0.2, 0.25) is 0 Å². The van der Waals surface area contributed by atoms with Gasteiger partial charge >= 0.3 is 0 Å². The van der Waals surface area contributed by atoms with Crippen LogP contribution in [0.3, 0.4) is 0 Å². The fraction of sp³-hybridized carbons (Fsp3) is 1.00. The molecule has 0 aromatic heterocycles. The highest BCUT2D eigenvalue weighted by molar-refractivity contribution is 4.25. The molecule has 2 nitrogen and oxygen atoms in total. The average molecular weight is 74.1 g/mol. The second-order valence-corrected chi connectivity index (χ2v) is 0.808. The first-order valence-corrected chi connectivity index (χ1v) is 1.82. The Bertz CT molecular complexity index is 12.4. The molecular weight excluding hydrogens is 64.0 g/mol. The summed E-state index contributed by atoms with van der Waals surface area (Å²) in [5, 5.41) is 2.89. The van der Waals surface area contributed by atoms with Crippen LogP contribution < -0.4 is 11.1 Å². The molecule has 0 radical (unpaired) electrons. The minimum absolute atomic E-state index is 0.594. The molecule has 0 aliphatic heterocycles. The fourth-order valence-corrected chi connectivity index (χ4v) is 0.144. The lowest BCUT2D eigenvalue weighted by atomic mass is 10.8. The van der Waals surface area contributed by atoms with Crippen molar-refractivity contribution in [2.45, 2.75) is 6.92 Å². The van der Waals surface area contributed by atoms with E-state index in [-0.39, 0.29) is 0 Å². The van der Waals surface area contributed by atoms with Crippen LogP contribution in [-0.4, -0.2) is 13.2 Å². The quantitative estimate of drug-likeness (QED) is 0.434. The Morgan fingerprint density at radius 2 is 2.40 bits per heavy atom. The summed E-state index contributed by atoms with van der Waals surface area (Å²) in [6.07, 6.45) is 0. The smallest absolute Gasteiger partial charge is 0.0428 e. The molecule has 0 bridgehead atoms. The third-order valence-corrected chi connectivity index (χ3v) is 0.394. The molecular formula is C3H10N2. The molecule has 0 aliphatic rings. The first-order valence-electron chi connectivity index (χ1n) is 1.82. The summed E-state index contributed by atoms with van der Waals surface area (Å²) in [5.74, 6) is 0. The monoisotopic (exact) mass is 74.1 g/mol. The Morgan fingerprint density at radius 1 is 1.80 bits per heavy atom. The predicted octanol–water partition coefficient (Wildman–Crippen LogP) is -0.488. The van der Waals surface area contributed by atoms with Crippen LogP contribution in [0.15, 0.2) is 0 Å². The molecule has 32 valence electrons. The molecule has 0 spiro atoms. The zero-order chi connectivity index (χ0) is 4.12. The maximum atomic E-state index is 5.03. The first kappa shape index (κ1) is 4.92. The number of hydrogen-bond donors (Lipinski definition) is 2. The highest BCUT2D eigenvalue weighted by Crippen LogP contribution is 1.39. The number of nitrogens with one attached hydrogen (secondary N) is 1. The Morgan fingerprint density at radius 3 is 2.40 bits per heavy atom. The van der Waals surface area contributed by atoms with Crippen molar-refractivity contribution in [2.75, 3.05) is 13.2 Å². The predicted molar refractivity (Wildman–Crippen MR) is 22.7 cm³/mol. The van der Waals surface area contributed by atoms with E-state index in [0.717, 1.165) is 6.54 Å². The summed E-state index contributed by atoms with van der Waals surface area (Å²) < 4.78 is 0. The van der Waals surface area contributed by atoms with Crippen LogP contribution in [-0.2, 0) is 0 Å². The lowest BCUT2D eigenvalue weighted by Gasteiger charge is -1.86. The second kappa shape index (κ2) is 3.92. The molecule has 0 saturated heterocycles. The highest BCUT2D eigenvalue weighted by Gasteiger charge is 1.62. The molecule has 5 heavy (non-hydrogen) atoms. The average Bonchev–Trinajstić information content (AvgIpc) is 1.41. The van der Waals surface area contributed by atoms with Crippen molar-refractivity contribution in [2.24, 2.45) is 5.73 Å². The summed E-state index contributed by atoms with van der Waals surface area (Å²) in [4.78, 5) is 0. The molecule has 0 heterocycles. The van der Waals surface area contributed by atoms with Crippen LogP contribution in [0.1, 0.15) is 6.92 Å². The van der Waals surface area contributed by atoms with Crippen molar-refractivity contribution in [1.82, 2.24) is 5.32 Å². The van der Waals surface area contributed by atoms with Crippen molar-refractivity contribution in [1.29, 1.82) is 0 Å². The molecule has 0 saturated carbocycles. The largest absolute Gasteiger partial charge is 0.318 e. The summed E-state index contributed by atoms with van der Waals surface area (Å²) in [5.41, 5.74) is 5.03. The topological polar surface area (TPSA) is 38.0 Å². The van der Waals surface area contributed by atoms with E-state index in [1.54, 1.807) is 0 Å². The van der Waals surface area contributed by atoms with E-state index >= 15 is 0 Å². The zero-order valence-corrected chi connectivity index (χ0v) is 3.49. The number of nitrogens with two attached hydrogens (primary N) is 1. The molecule has 0 rings (SSSR count). The van der Waals surface area contributed by atoms with Crippen molar-refractivity contribution in [3.8, 4) is 0 Å². The van der Waals surface area contributed by atoms with E-state index in [1.165, 1.54) is 0 Å². The van der Waals surface area contributed by atoms with E-state index in [1.807, 2.05) is 6.92 Å². The third-order valence-electron chi connectivity index (χ3n) is 0.394. The van der Waals surface area contributed by atoms with Gasteiger partial charge in [-0.05, 0) is 6.54 Å². The van der Waals surface area contributed by atoms with E-state index in [4.69, 9.17) is 5.73 Å². The summed E-state index contributed by atoms with van der Waals surface area (Å²) in [6, 6.07) is 0. The van der Waals surface area contributed by atoms with Gasteiger partial charge in [0, 0.05) is 6.67 Å². The lowest BCUT2D eigenvalue weighted by Crippen LogP contribution is -2.21. The Labute approximate surface area is 32.4 Å². The van der Waals surface area contributed by atoms with Crippen LogP contribution >= 0.6 is 0 Å². The van der Waals surface area contributed by atoms with Gasteiger partial charge in [0.15, 0.2) is 0 Å². The van der Waals surface area contributed by atoms with Gasteiger partial charge in [0.25, 0.3) is 0 Å². The molecule has 0 aromatic carbocycles. The molecule has 0 fully saturated rings. The molecule has 0 aromatic rings. The maximum absolute atomic E-state index is 5.03. The normalized spacial score (nSPS) is 8.40. The minimum Gasteiger partial charge on any atom is -0.318 e. The molecule has 2 heteroatoms. The highest BCUT2D eigenvalue weighted by atomic mass is 14.9. The van der Waals surface area contributed by atoms with Crippen LogP contribution in [0.2, 0.25) is 0 Å². The van der Waals surface area contributed by atoms with Crippen LogP contribution in [0, 0.1) is 0 Å². The lowest BCUT2D eigenvalue weighted by molar-refractivity contribution is 0.742. The molecule has 0 unspecified atom stereocenters. The van der Waals surface area contributed by atoms with Crippen LogP contribution in [0.25, 0.3) is 0 Å². The summed E-state index contributed by atoms with van der Waals surface area (Å²) in [6.45, 7) is 3.58. The van der Waals surface area contributed by atoms with Gasteiger partial charge in [-0.1, -0.05) is 6.92 Å². The van der Waals surface area contributed by atoms with Gasteiger partial charge in [-0.25, -0.2) is 0 Å². The van der Waals surface area contributed by atoms with E-state index in [0.29, 0.717) is 6.67 Å². The standard InChI is InChI=1S/C3H10N2/c1-2-5-3-4/h5H,2-4H2,1H3. The molecule has 0 atom stereocenters. The van der Waals surface area contributed by atoms with Crippen LogP contribution in [0.5, 0.6) is 0 Å². The van der Waals surface area contributed by atoms with Gasteiger partial charge in [-0.2, -0.15) is 0 Å². The van der Waals surface area contributed by atoms with Gasteiger partial charge in [-0.3, -0.25) is 0 Å². The molecule has 0 amide bonds. The van der Waals surface area contributed by atoms with Crippen molar-refractivity contribution in [3.05, 3.63) is 0 Å². The van der Waals surface area contributed by atoms with Crippen molar-refractivity contribution >= 4 is 0 Å². The first-order chi connectivity index (χ1) is 2.41. The van der Waals surface area contributed by atoms with E-state index < -0.39 is 0 Å². The summed E-state index contributed by atoms with van der Waals surface area (Å²) >= 11 is 0. The second-order valence-electron chi connectivity index (χ2n) is 0.808. The fourth-order valence-electron chi connectivity index (χ4n) is 0.144. The minimum atomic E-state index is 0.594. The summed E-state index contributed by atoms with van der Waals surface area (Å²) in [7, 11) is 0. The van der Waals surface area contributed by atoms with Gasteiger partial charge in [0.1, 0.15) is 0 Å². The van der Waals surface area contributed by atoms with Gasteiger partial charge in [0.05, 0.1) is 0 Å². The van der Waals surface area contributed by atoms with Gasteiger partial charge < -0.3 is 11.1 Å². The SMILES string of the molecule is CCNCN. The third kappa shape index (κ3) is 3.92. The number of rotatable bonds is 2. The Kier molecular flexibility index (Phi) is 3.86. The molecule has 0 aliphatic carbocycles. The van der Waals surface area contributed by atoms with E-state index in [9.17, 15) is 0 Å². The van der Waals surface area contributed by atoms with Crippen molar-refractivity contribution in [3.63, 3.8) is 0 Å². The maximum Gasteiger partial charge on any atom is 0.0428 e. The van der Waals surface area contributed by atoms with E-state index in [2.05, 4.69) is 5.32 Å². The van der Waals surface area contributed by atoms with Crippen LogP contribution in [0.4, 0.5) is 0 Å². The number of hydrogen-bond acceptors (Lipinski definition) is 2.